The molecule has 2 rings (SSSR count). The van der Waals surface area contributed by atoms with Crippen LogP contribution in [-0.2, 0) is 0 Å². The minimum Gasteiger partial charge on any atom is -0.478 e. The van der Waals surface area contributed by atoms with E-state index in [2.05, 4.69) is 16.4 Å². The molecule has 1 fully saturated rings. The summed E-state index contributed by atoms with van der Waals surface area (Å²) >= 11 is 0. The van der Waals surface area contributed by atoms with E-state index in [1.54, 1.807) is 6.20 Å². The third kappa shape index (κ3) is 3.13. The molecule has 96 valence electrons. The van der Waals surface area contributed by atoms with E-state index in [9.17, 15) is 0 Å². The van der Waals surface area contributed by atoms with Crippen LogP contribution in [-0.4, -0.2) is 17.6 Å². The number of nitrogens with one attached hydrogen (secondary N) is 1. The van der Waals surface area contributed by atoms with Crippen LogP contribution >= 0.6 is 0 Å². The fourth-order valence-corrected chi connectivity index (χ4v) is 2.37. The highest BCUT2D eigenvalue weighted by Gasteiger charge is 2.24. The van der Waals surface area contributed by atoms with E-state index in [4.69, 9.17) is 10.00 Å². The van der Waals surface area contributed by atoms with E-state index >= 15 is 0 Å². The minimum absolute atomic E-state index is 0.116. The molecular formula is C14H19N3O. The van der Waals surface area contributed by atoms with Gasteiger partial charge >= 0.3 is 0 Å². The highest BCUT2D eigenvalue weighted by molar-refractivity contribution is 5.43. The first-order chi connectivity index (χ1) is 8.83. The second kappa shape index (κ2) is 6.25. The maximum Gasteiger partial charge on any atom is 0.213 e. The maximum atomic E-state index is 9.13. The molecule has 1 heterocycles. The molecule has 2 atom stereocenters. The Hall–Kier alpha value is -1.76. The van der Waals surface area contributed by atoms with Crippen molar-refractivity contribution in [1.82, 2.24) is 4.98 Å². The van der Waals surface area contributed by atoms with Gasteiger partial charge in [0.05, 0.1) is 30.5 Å². The predicted octanol–water partition coefficient (Wildman–Crippen LogP) is 2.97. The first kappa shape index (κ1) is 12.7. The molecule has 0 aromatic carbocycles. The van der Waals surface area contributed by atoms with Crippen molar-refractivity contribution in [3.05, 3.63) is 18.3 Å². The summed E-state index contributed by atoms with van der Waals surface area (Å²) in [6.45, 7) is 2.56. The monoisotopic (exact) mass is 245 g/mol. The highest BCUT2D eigenvalue weighted by atomic mass is 16.5. The third-order valence-electron chi connectivity index (χ3n) is 3.31. The molecule has 1 aromatic rings. The minimum atomic E-state index is 0.116. The van der Waals surface area contributed by atoms with Crippen molar-refractivity contribution in [1.29, 1.82) is 5.26 Å². The Labute approximate surface area is 108 Å². The summed E-state index contributed by atoms with van der Waals surface area (Å²) in [5.41, 5.74) is 0.964. The van der Waals surface area contributed by atoms with Crippen LogP contribution in [0.25, 0.3) is 0 Å². The molecule has 0 radical (unpaired) electrons. The van der Waals surface area contributed by atoms with E-state index in [0.29, 0.717) is 12.5 Å². The summed E-state index contributed by atoms with van der Waals surface area (Å²) in [5, 5.41) is 12.5. The highest BCUT2D eigenvalue weighted by Crippen LogP contribution is 2.26. The van der Waals surface area contributed by atoms with Crippen molar-refractivity contribution in [3.8, 4) is 11.9 Å². The largest absolute Gasteiger partial charge is 0.478 e. The van der Waals surface area contributed by atoms with Gasteiger partial charge in [-0.05, 0) is 25.8 Å². The number of hydrogen-bond donors (Lipinski definition) is 1. The topological polar surface area (TPSA) is 57.9 Å². The number of rotatable bonds is 4. The zero-order valence-corrected chi connectivity index (χ0v) is 10.7. The van der Waals surface area contributed by atoms with E-state index in [1.165, 1.54) is 6.42 Å². The number of aromatic nitrogens is 1. The Kier molecular flexibility index (Phi) is 4.40. The lowest BCUT2D eigenvalue weighted by atomic mass is 9.85. The summed E-state index contributed by atoms with van der Waals surface area (Å²) in [4.78, 5) is 4.22. The maximum absolute atomic E-state index is 9.13. The smallest absolute Gasteiger partial charge is 0.213 e. The van der Waals surface area contributed by atoms with E-state index in [-0.39, 0.29) is 12.0 Å². The fraction of sp³-hybridized carbons (Fsp3) is 0.571. The van der Waals surface area contributed by atoms with Gasteiger partial charge in [0.1, 0.15) is 0 Å². The van der Waals surface area contributed by atoms with Gasteiger partial charge in [0.2, 0.25) is 5.88 Å². The van der Waals surface area contributed by atoms with Crippen LogP contribution in [0.2, 0.25) is 0 Å². The van der Waals surface area contributed by atoms with Gasteiger partial charge in [-0.25, -0.2) is 4.98 Å². The molecule has 0 amide bonds. The average molecular weight is 245 g/mol. The lowest BCUT2D eigenvalue weighted by Gasteiger charge is -2.28. The van der Waals surface area contributed by atoms with E-state index in [0.717, 1.165) is 24.9 Å². The molecule has 1 N–H and O–H groups in total. The van der Waals surface area contributed by atoms with Gasteiger partial charge in [0, 0.05) is 12.1 Å². The second-order valence-electron chi connectivity index (χ2n) is 4.59. The molecule has 0 aliphatic heterocycles. The predicted molar refractivity (Wildman–Crippen MR) is 70.4 cm³/mol. The summed E-state index contributed by atoms with van der Waals surface area (Å²) < 4.78 is 5.30. The summed E-state index contributed by atoms with van der Waals surface area (Å²) in [7, 11) is 0. The lowest BCUT2D eigenvalue weighted by molar-refractivity contribution is 0.327. The molecular weight excluding hydrogens is 226 g/mol. The molecule has 0 bridgehead atoms. The summed E-state index contributed by atoms with van der Waals surface area (Å²) in [5.74, 6) is 0.758. The van der Waals surface area contributed by atoms with Gasteiger partial charge in [-0.2, -0.15) is 5.26 Å². The van der Waals surface area contributed by atoms with Gasteiger partial charge in [0.15, 0.2) is 0 Å². The van der Waals surface area contributed by atoms with Crippen LogP contribution < -0.4 is 10.1 Å². The Morgan fingerprint density at radius 2 is 2.28 bits per heavy atom. The van der Waals surface area contributed by atoms with Gasteiger partial charge in [-0.1, -0.05) is 12.8 Å². The molecule has 1 aromatic heterocycles. The quantitative estimate of drug-likeness (QED) is 0.886. The second-order valence-corrected chi connectivity index (χ2v) is 4.59. The molecule has 4 heteroatoms. The van der Waals surface area contributed by atoms with Gasteiger partial charge < -0.3 is 10.1 Å². The van der Waals surface area contributed by atoms with Crippen LogP contribution in [0.5, 0.6) is 5.88 Å². The molecule has 1 saturated carbocycles. The fourth-order valence-electron chi connectivity index (χ4n) is 2.37. The number of nitriles is 1. The van der Waals surface area contributed by atoms with Crippen molar-refractivity contribution < 1.29 is 4.74 Å². The Balaban J connectivity index is 1.97. The number of pyridine rings is 1. The van der Waals surface area contributed by atoms with Crippen LogP contribution in [0.4, 0.5) is 5.69 Å². The van der Waals surface area contributed by atoms with Crippen molar-refractivity contribution in [2.24, 2.45) is 5.92 Å². The summed E-state index contributed by atoms with van der Waals surface area (Å²) in [6.07, 6.45) is 6.19. The first-order valence-electron chi connectivity index (χ1n) is 6.58. The molecule has 0 saturated heterocycles. The Morgan fingerprint density at radius 1 is 1.44 bits per heavy atom. The number of anilines is 1. The van der Waals surface area contributed by atoms with E-state index < -0.39 is 0 Å². The third-order valence-corrected chi connectivity index (χ3v) is 3.31. The van der Waals surface area contributed by atoms with Gasteiger partial charge in [0.25, 0.3) is 0 Å². The standard InChI is InChI=1S/C14H19N3O/c1-2-18-14-8-7-12(10-16-14)17-13-6-4-3-5-11(13)9-15/h7-8,10-11,13,17H,2-6H2,1H3. The summed E-state index contributed by atoms with van der Waals surface area (Å²) in [6, 6.07) is 6.47. The lowest BCUT2D eigenvalue weighted by Crippen LogP contribution is -2.31. The number of ether oxygens (including phenoxy) is 1. The van der Waals surface area contributed by atoms with Crippen molar-refractivity contribution in [2.75, 3.05) is 11.9 Å². The first-order valence-corrected chi connectivity index (χ1v) is 6.58. The Morgan fingerprint density at radius 3 is 2.94 bits per heavy atom. The van der Waals surface area contributed by atoms with Crippen LogP contribution in [0.3, 0.4) is 0 Å². The zero-order valence-electron chi connectivity index (χ0n) is 10.7. The van der Waals surface area contributed by atoms with Crippen LogP contribution in [0.15, 0.2) is 18.3 Å². The number of hydrogen-bond acceptors (Lipinski definition) is 4. The molecule has 1 aliphatic rings. The molecule has 0 spiro atoms. The van der Waals surface area contributed by atoms with Crippen molar-refractivity contribution in [3.63, 3.8) is 0 Å². The van der Waals surface area contributed by atoms with Gasteiger partial charge in [-0.3, -0.25) is 0 Å². The van der Waals surface area contributed by atoms with Crippen molar-refractivity contribution in [2.45, 2.75) is 38.6 Å². The molecule has 1 aliphatic carbocycles. The molecule has 4 nitrogen and oxygen atoms in total. The van der Waals surface area contributed by atoms with Crippen LogP contribution in [0, 0.1) is 17.2 Å². The van der Waals surface area contributed by atoms with Crippen molar-refractivity contribution >= 4 is 5.69 Å². The normalized spacial score (nSPS) is 23.1. The van der Waals surface area contributed by atoms with Gasteiger partial charge in [-0.15, -0.1) is 0 Å². The molecule has 2 unspecified atom stereocenters. The van der Waals surface area contributed by atoms with Crippen LogP contribution in [0.1, 0.15) is 32.6 Å². The molecule has 18 heavy (non-hydrogen) atoms. The van der Waals surface area contributed by atoms with E-state index in [1.807, 2.05) is 19.1 Å². The zero-order chi connectivity index (χ0) is 12.8. The SMILES string of the molecule is CCOc1ccc(NC2CCCCC2C#N)cn1. The average Bonchev–Trinajstić information content (AvgIpc) is 2.42. The number of nitrogens with zero attached hydrogens (tertiary/aromatic N) is 2. The Bertz CT molecular complexity index is 410.